The van der Waals surface area contributed by atoms with Crippen LogP contribution in [0.1, 0.15) is 18.4 Å². The maximum absolute atomic E-state index is 13.1. The Bertz CT molecular complexity index is 400. The van der Waals surface area contributed by atoms with Gasteiger partial charge in [-0.15, -0.1) is 6.42 Å². The third kappa shape index (κ3) is 3.57. The molecule has 1 aromatic rings. The van der Waals surface area contributed by atoms with E-state index in [4.69, 9.17) is 6.42 Å². The highest BCUT2D eigenvalue weighted by molar-refractivity contribution is 5.17. The third-order valence-electron chi connectivity index (χ3n) is 3.44. The summed E-state index contributed by atoms with van der Waals surface area (Å²) in [7, 11) is 0. The van der Waals surface area contributed by atoms with Crippen LogP contribution in [0.2, 0.25) is 0 Å². The minimum absolute atomic E-state index is 0.132. The highest BCUT2D eigenvalue weighted by Gasteiger charge is 2.18. The van der Waals surface area contributed by atoms with Gasteiger partial charge < -0.3 is 0 Å². The maximum Gasteiger partial charge on any atom is 0.123 e. The number of rotatable bonds is 3. The molecule has 0 amide bonds. The molecular weight excluding hydrogens is 213 g/mol. The molecule has 2 rings (SSSR count). The summed E-state index contributed by atoms with van der Waals surface area (Å²) in [4.78, 5) is 2.31. The lowest BCUT2D eigenvalue weighted by atomic mass is 9.90. The van der Waals surface area contributed by atoms with Crippen molar-refractivity contribution in [2.75, 3.05) is 19.6 Å². The molecule has 0 atom stereocenters. The molecule has 0 aliphatic carbocycles. The van der Waals surface area contributed by atoms with Crippen LogP contribution in [0.15, 0.2) is 24.3 Å². The van der Waals surface area contributed by atoms with Gasteiger partial charge in [0.05, 0.1) is 6.54 Å². The minimum Gasteiger partial charge on any atom is -0.292 e. The summed E-state index contributed by atoms with van der Waals surface area (Å²) in [5.41, 5.74) is 1.11. The molecule has 0 aromatic heterocycles. The molecule has 90 valence electrons. The summed E-state index contributed by atoms with van der Waals surface area (Å²) in [6.07, 6.45) is 8.62. The van der Waals surface area contributed by atoms with Gasteiger partial charge in [0.25, 0.3) is 0 Å². The predicted octanol–water partition coefficient (Wildman–Crippen LogP) is 2.71. The lowest BCUT2D eigenvalue weighted by Crippen LogP contribution is -2.34. The Kier molecular flexibility index (Phi) is 4.17. The van der Waals surface area contributed by atoms with Crippen LogP contribution < -0.4 is 0 Å². The van der Waals surface area contributed by atoms with Gasteiger partial charge >= 0.3 is 0 Å². The van der Waals surface area contributed by atoms with E-state index >= 15 is 0 Å². The first-order valence-electron chi connectivity index (χ1n) is 6.18. The average molecular weight is 231 g/mol. The molecular formula is C15H18FN. The Morgan fingerprint density at radius 3 is 2.76 bits per heavy atom. The van der Waals surface area contributed by atoms with Crippen molar-refractivity contribution in [1.82, 2.24) is 4.90 Å². The molecule has 1 nitrogen and oxygen atoms in total. The fraction of sp³-hybridized carbons (Fsp3) is 0.467. The number of halogens is 1. The van der Waals surface area contributed by atoms with Gasteiger partial charge in [-0.25, -0.2) is 4.39 Å². The highest BCUT2D eigenvalue weighted by Crippen LogP contribution is 2.21. The van der Waals surface area contributed by atoms with Crippen molar-refractivity contribution in [3.8, 4) is 12.3 Å². The van der Waals surface area contributed by atoms with E-state index in [-0.39, 0.29) is 5.82 Å². The van der Waals surface area contributed by atoms with E-state index in [0.717, 1.165) is 44.5 Å². The number of terminal acetylenes is 1. The highest BCUT2D eigenvalue weighted by atomic mass is 19.1. The van der Waals surface area contributed by atoms with E-state index in [9.17, 15) is 4.39 Å². The van der Waals surface area contributed by atoms with Crippen molar-refractivity contribution in [2.24, 2.45) is 5.92 Å². The van der Waals surface area contributed by atoms with E-state index in [1.165, 1.54) is 6.07 Å². The van der Waals surface area contributed by atoms with Crippen molar-refractivity contribution in [2.45, 2.75) is 19.3 Å². The Morgan fingerprint density at radius 1 is 1.35 bits per heavy atom. The fourth-order valence-electron chi connectivity index (χ4n) is 2.48. The normalized spacial score (nSPS) is 17.9. The van der Waals surface area contributed by atoms with E-state index in [0.29, 0.717) is 5.92 Å². The summed E-state index contributed by atoms with van der Waals surface area (Å²) in [6.45, 7) is 2.90. The van der Waals surface area contributed by atoms with Gasteiger partial charge in [0.2, 0.25) is 0 Å². The van der Waals surface area contributed by atoms with E-state index in [2.05, 4.69) is 10.8 Å². The van der Waals surface area contributed by atoms with Gasteiger partial charge in [0.15, 0.2) is 0 Å². The summed E-state index contributed by atoms with van der Waals surface area (Å²) in [6, 6.07) is 6.95. The topological polar surface area (TPSA) is 3.24 Å². The summed E-state index contributed by atoms with van der Waals surface area (Å²) in [5.74, 6) is 3.23. The minimum atomic E-state index is -0.132. The van der Waals surface area contributed by atoms with Crippen LogP contribution in [-0.2, 0) is 6.42 Å². The molecule has 1 aliphatic heterocycles. The summed E-state index contributed by atoms with van der Waals surface area (Å²) >= 11 is 0. The molecule has 17 heavy (non-hydrogen) atoms. The quantitative estimate of drug-likeness (QED) is 0.723. The molecule has 0 N–H and O–H groups in total. The molecule has 1 fully saturated rings. The molecule has 1 heterocycles. The average Bonchev–Trinajstić information content (AvgIpc) is 2.32. The fourth-order valence-corrected chi connectivity index (χ4v) is 2.48. The number of nitrogens with zero attached hydrogens (tertiary/aromatic N) is 1. The molecule has 0 unspecified atom stereocenters. The summed E-state index contributed by atoms with van der Waals surface area (Å²) < 4.78 is 13.1. The zero-order chi connectivity index (χ0) is 12.1. The summed E-state index contributed by atoms with van der Waals surface area (Å²) in [5, 5.41) is 0. The lowest BCUT2D eigenvalue weighted by Gasteiger charge is -2.30. The van der Waals surface area contributed by atoms with Crippen LogP contribution in [0, 0.1) is 24.1 Å². The van der Waals surface area contributed by atoms with Gasteiger partial charge in [-0.1, -0.05) is 18.1 Å². The predicted molar refractivity (Wildman–Crippen MR) is 68.1 cm³/mol. The Hall–Kier alpha value is -1.33. The molecule has 0 radical (unpaired) electrons. The van der Waals surface area contributed by atoms with Crippen molar-refractivity contribution >= 4 is 0 Å². The number of piperidine rings is 1. The van der Waals surface area contributed by atoms with Gasteiger partial charge in [0.1, 0.15) is 5.82 Å². The molecule has 1 aromatic carbocycles. The van der Waals surface area contributed by atoms with E-state index in [1.54, 1.807) is 12.1 Å². The van der Waals surface area contributed by atoms with Crippen LogP contribution in [0.25, 0.3) is 0 Å². The van der Waals surface area contributed by atoms with Crippen molar-refractivity contribution in [3.05, 3.63) is 35.6 Å². The standard InChI is InChI=1S/C15H18FN/c1-2-8-17-9-6-13(7-10-17)11-14-4-3-5-15(16)12-14/h1,3-5,12-13H,6-11H2. The van der Waals surface area contributed by atoms with Gasteiger partial charge in [-0.3, -0.25) is 4.90 Å². The Balaban J connectivity index is 1.84. The van der Waals surface area contributed by atoms with Gasteiger partial charge in [0, 0.05) is 0 Å². The van der Waals surface area contributed by atoms with Crippen molar-refractivity contribution < 1.29 is 4.39 Å². The second-order valence-electron chi connectivity index (χ2n) is 4.76. The Labute approximate surface area is 103 Å². The molecule has 0 saturated carbocycles. The van der Waals surface area contributed by atoms with E-state index < -0.39 is 0 Å². The number of likely N-dealkylation sites (tertiary alicyclic amines) is 1. The molecule has 0 spiro atoms. The SMILES string of the molecule is C#CCN1CCC(Cc2cccc(F)c2)CC1. The molecule has 0 bridgehead atoms. The number of hydrogen-bond acceptors (Lipinski definition) is 1. The van der Waals surface area contributed by atoms with Crippen LogP contribution in [0.3, 0.4) is 0 Å². The number of hydrogen-bond donors (Lipinski definition) is 0. The van der Waals surface area contributed by atoms with Crippen molar-refractivity contribution in [3.63, 3.8) is 0 Å². The first-order valence-corrected chi connectivity index (χ1v) is 6.18. The van der Waals surface area contributed by atoms with Crippen LogP contribution >= 0.6 is 0 Å². The lowest BCUT2D eigenvalue weighted by molar-refractivity contribution is 0.203. The molecule has 2 heteroatoms. The second-order valence-corrected chi connectivity index (χ2v) is 4.76. The monoisotopic (exact) mass is 231 g/mol. The van der Waals surface area contributed by atoms with E-state index in [1.807, 2.05) is 6.07 Å². The molecule has 1 saturated heterocycles. The smallest absolute Gasteiger partial charge is 0.123 e. The Morgan fingerprint density at radius 2 is 2.12 bits per heavy atom. The van der Waals surface area contributed by atoms with Gasteiger partial charge in [-0.05, 0) is 56.0 Å². The van der Waals surface area contributed by atoms with Crippen LogP contribution in [0.5, 0.6) is 0 Å². The maximum atomic E-state index is 13.1. The van der Waals surface area contributed by atoms with Crippen molar-refractivity contribution in [1.29, 1.82) is 0 Å². The molecule has 1 aliphatic rings. The first kappa shape index (κ1) is 12.1. The largest absolute Gasteiger partial charge is 0.292 e. The second kappa shape index (κ2) is 5.84. The van der Waals surface area contributed by atoms with Gasteiger partial charge in [-0.2, -0.15) is 0 Å². The first-order chi connectivity index (χ1) is 8.28. The zero-order valence-electron chi connectivity index (χ0n) is 10.0. The van der Waals surface area contributed by atoms with Crippen LogP contribution in [-0.4, -0.2) is 24.5 Å². The zero-order valence-corrected chi connectivity index (χ0v) is 10.0. The third-order valence-corrected chi connectivity index (χ3v) is 3.44. The number of benzene rings is 1. The van der Waals surface area contributed by atoms with Crippen LogP contribution in [0.4, 0.5) is 4.39 Å².